The number of aromatic nitrogens is 3. The Labute approximate surface area is 258 Å². The first-order chi connectivity index (χ1) is 21.0. The van der Waals surface area contributed by atoms with Crippen LogP contribution < -0.4 is 15.4 Å². The van der Waals surface area contributed by atoms with E-state index >= 15 is 0 Å². The molecule has 236 valence electrons. The summed E-state index contributed by atoms with van der Waals surface area (Å²) in [6, 6.07) is 7.86. The predicted molar refractivity (Wildman–Crippen MR) is 164 cm³/mol. The lowest BCUT2D eigenvalue weighted by Gasteiger charge is -2.36. The number of benzene rings is 1. The van der Waals surface area contributed by atoms with Crippen LogP contribution in [0.3, 0.4) is 0 Å². The van der Waals surface area contributed by atoms with Crippen LogP contribution in [-0.4, -0.2) is 86.5 Å². The van der Waals surface area contributed by atoms with Crippen molar-refractivity contribution in [2.75, 3.05) is 38.0 Å². The Morgan fingerprint density at radius 2 is 1.91 bits per heavy atom. The number of anilines is 1. The summed E-state index contributed by atoms with van der Waals surface area (Å²) in [6.07, 6.45) is 4.51. The zero-order valence-corrected chi connectivity index (χ0v) is 26.0. The van der Waals surface area contributed by atoms with E-state index in [1.54, 1.807) is 6.07 Å². The van der Waals surface area contributed by atoms with Gasteiger partial charge in [-0.15, -0.1) is 0 Å². The minimum atomic E-state index is -0.728. The van der Waals surface area contributed by atoms with Crippen LogP contribution in [0.1, 0.15) is 66.7 Å². The molecular formula is C32H43N7O5. The van der Waals surface area contributed by atoms with Crippen molar-refractivity contribution in [2.45, 2.75) is 72.3 Å². The number of carbonyl (C=O) groups excluding carboxylic acids is 2. The van der Waals surface area contributed by atoms with Gasteiger partial charge in [-0.2, -0.15) is 0 Å². The number of rotatable bonds is 10. The fourth-order valence-corrected chi connectivity index (χ4v) is 5.58. The molecule has 0 radical (unpaired) electrons. The molecule has 3 aromatic rings. The standard InChI is InChI=1S/C32H43N7O5/c1-21-28(44-20-36-21)18-43-26-6-5-23-16-38(10-7-22(23)13-26)17-25(40)15-33-30(41)27-14-29(35-19-34-27)37-24-8-11-39(12-9-24)31(42)32(2,3)4/h5-6,13-14,19-20,24-25,40H,7-12,15-18H2,1-4H3,(H,33,41)(H,34,35,37)/t25-/m0/s1. The summed E-state index contributed by atoms with van der Waals surface area (Å²) in [5.41, 5.74) is 3.10. The van der Waals surface area contributed by atoms with E-state index in [1.165, 1.54) is 23.8 Å². The van der Waals surface area contributed by atoms with Crippen molar-refractivity contribution < 1.29 is 23.8 Å². The number of aryl methyl sites for hydroxylation is 1. The van der Waals surface area contributed by atoms with Gasteiger partial charge in [0.1, 0.15) is 30.2 Å². The van der Waals surface area contributed by atoms with Gasteiger partial charge >= 0.3 is 0 Å². The van der Waals surface area contributed by atoms with E-state index in [0.717, 1.165) is 37.3 Å². The number of oxazole rings is 1. The van der Waals surface area contributed by atoms with Crippen molar-refractivity contribution in [2.24, 2.45) is 5.41 Å². The highest BCUT2D eigenvalue weighted by molar-refractivity contribution is 5.92. The highest BCUT2D eigenvalue weighted by Crippen LogP contribution is 2.25. The van der Waals surface area contributed by atoms with Gasteiger partial charge in [0.05, 0.1) is 11.8 Å². The van der Waals surface area contributed by atoms with Crippen molar-refractivity contribution in [1.82, 2.24) is 30.1 Å². The van der Waals surface area contributed by atoms with Crippen LogP contribution in [0.25, 0.3) is 0 Å². The van der Waals surface area contributed by atoms with Gasteiger partial charge in [-0.05, 0) is 49.4 Å². The molecule has 2 aliphatic rings. The molecule has 2 amide bonds. The van der Waals surface area contributed by atoms with Crippen LogP contribution in [0.4, 0.5) is 5.82 Å². The first-order valence-corrected chi connectivity index (χ1v) is 15.3. The van der Waals surface area contributed by atoms with Gasteiger partial charge in [-0.25, -0.2) is 15.0 Å². The number of β-amino-alcohol motifs (C(OH)–C–C–N with tert-alkyl or cyclic N) is 1. The third-order valence-electron chi connectivity index (χ3n) is 8.13. The maximum absolute atomic E-state index is 12.8. The highest BCUT2D eigenvalue weighted by atomic mass is 16.5. The van der Waals surface area contributed by atoms with Gasteiger partial charge in [0.15, 0.2) is 12.2 Å². The topological polar surface area (TPSA) is 146 Å². The highest BCUT2D eigenvalue weighted by Gasteiger charge is 2.30. The smallest absolute Gasteiger partial charge is 0.270 e. The molecule has 4 heterocycles. The van der Waals surface area contributed by atoms with Gasteiger partial charge in [0, 0.05) is 56.8 Å². The molecule has 0 unspecified atom stereocenters. The Hall–Kier alpha value is -4.03. The first kappa shape index (κ1) is 31.4. The van der Waals surface area contributed by atoms with Crippen molar-refractivity contribution in [3.05, 3.63) is 65.3 Å². The Bertz CT molecular complexity index is 1440. The fourth-order valence-electron chi connectivity index (χ4n) is 5.58. The molecular weight excluding hydrogens is 562 g/mol. The molecule has 1 fully saturated rings. The second kappa shape index (κ2) is 13.7. The summed E-state index contributed by atoms with van der Waals surface area (Å²) in [7, 11) is 0. The molecule has 1 aromatic carbocycles. The van der Waals surface area contributed by atoms with E-state index in [-0.39, 0.29) is 35.5 Å². The molecule has 0 spiro atoms. The lowest BCUT2D eigenvalue weighted by molar-refractivity contribution is -0.140. The minimum Gasteiger partial charge on any atom is -0.486 e. The molecule has 1 atom stereocenters. The fraction of sp³-hybridized carbons (Fsp3) is 0.531. The molecule has 12 heteroatoms. The summed E-state index contributed by atoms with van der Waals surface area (Å²) in [4.78, 5) is 42.0. The summed E-state index contributed by atoms with van der Waals surface area (Å²) in [5.74, 6) is 1.88. The van der Waals surface area contributed by atoms with Crippen LogP contribution >= 0.6 is 0 Å². The molecule has 3 N–H and O–H groups in total. The number of amides is 2. The van der Waals surface area contributed by atoms with Crippen molar-refractivity contribution >= 4 is 17.6 Å². The number of likely N-dealkylation sites (tertiary alicyclic amines) is 1. The maximum Gasteiger partial charge on any atom is 0.270 e. The molecule has 2 aromatic heterocycles. The largest absolute Gasteiger partial charge is 0.486 e. The van der Waals surface area contributed by atoms with E-state index in [9.17, 15) is 14.7 Å². The second-order valence-corrected chi connectivity index (χ2v) is 12.7. The summed E-state index contributed by atoms with van der Waals surface area (Å²) >= 11 is 0. The van der Waals surface area contributed by atoms with Gasteiger partial charge in [-0.1, -0.05) is 26.8 Å². The average Bonchev–Trinajstić information content (AvgIpc) is 3.42. The third kappa shape index (κ3) is 8.11. The number of piperidine rings is 1. The summed E-state index contributed by atoms with van der Waals surface area (Å²) in [6.45, 7) is 11.5. The van der Waals surface area contributed by atoms with E-state index in [1.807, 2.05) is 38.7 Å². The van der Waals surface area contributed by atoms with Gasteiger partial charge < -0.3 is 29.8 Å². The number of ether oxygens (including phenoxy) is 1. The van der Waals surface area contributed by atoms with Crippen LogP contribution in [0.2, 0.25) is 0 Å². The molecule has 0 bridgehead atoms. The van der Waals surface area contributed by atoms with Gasteiger partial charge in [0.2, 0.25) is 5.91 Å². The van der Waals surface area contributed by atoms with E-state index in [0.29, 0.717) is 44.4 Å². The normalized spacial score (nSPS) is 16.7. The summed E-state index contributed by atoms with van der Waals surface area (Å²) < 4.78 is 11.2. The molecule has 44 heavy (non-hydrogen) atoms. The third-order valence-corrected chi connectivity index (χ3v) is 8.13. The quantitative estimate of drug-likeness (QED) is 0.315. The molecule has 12 nitrogen and oxygen atoms in total. The van der Waals surface area contributed by atoms with Crippen molar-refractivity contribution in [1.29, 1.82) is 0 Å². The molecule has 0 aliphatic carbocycles. The van der Waals surface area contributed by atoms with Gasteiger partial charge in [-0.3, -0.25) is 14.5 Å². The minimum absolute atomic E-state index is 0.114. The number of nitrogens with zero attached hydrogens (tertiary/aromatic N) is 5. The first-order valence-electron chi connectivity index (χ1n) is 15.3. The number of aliphatic hydroxyl groups is 1. The zero-order chi connectivity index (χ0) is 31.3. The molecule has 0 saturated carbocycles. The van der Waals surface area contributed by atoms with E-state index in [2.05, 4.69) is 42.6 Å². The maximum atomic E-state index is 12.8. The second-order valence-electron chi connectivity index (χ2n) is 12.7. The Morgan fingerprint density at radius 1 is 1.11 bits per heavy atom. The lowest BCUT2D eigenvalue weighted by Crippen LogP contribution is -2.46. The Morgan fingerprint density at radius 3 is 2.64 bits per heavy atom. The number of hydrogen-bond acceptors (Lipinski definition) is 10. The average molecular weight is 606 g/mol. The van der Waals surface area contributed by atoms with E-state index in [4.69, 9.17) is 9.15 Å². The zero-order valence-electron chi connectivity index (χ0n) is 26.0. The van der Waals surface area contributed by atoms with Crippen molar-refractivity contribution in [3.8, 4) is 5.75 Å². The van der Waals surface area contributed by atoms with E-state index < -0.39 is 6.10 Å². The summed E-state index contributed by atoms with van der Waals surface area (Å²) in [5, 5.41) is 16.9. The molecule has 2 aliphatic heterocycles. The number of carbonyl (C=O) groups is 2. The van der Waals surface area contributed by atoms with Crippen molar-refractivity contribution in [3.63, 3.8) is 0 Å². The Balaban J connectivity index is 1.05. The van der Waals surface area contributed by atoms with Crippen LogP contribution in [0.15, 0.2) is 41.4 Å². The predicted octanol–water partition coefficient (Wildman–Crippen LogP) is 2.95. The number of hydrogen-bond donors (Lipinski definition) is 3. The molecule has 1 saturated heterocycles. The Kier molecular flexibility index (Phi) is 9.80. The van der Waals surface area contributed by atoms with Crippen LogP contribution in [0.5, 0.6) is 5.75 Å². The molecule has 5 rings (SSSR count). The van der Waals surface area contributed by atoms with Gasteiger partial charge in [0.25, 0.3) is 5.91 Å². The lowest BCUT2D eigenvalue weighted by atomic mass is 9.93. The van der Waals surface area contributed by atoms with Crippen LogP contribution in [-0.2, 0) is 24.4 Å². The monoisotopic (exact) mass is 605 g/mol. The number of fused-ring (bicyclic) bond motifs is 1. The number of aliphatic hydroxyl groups excluding tert-OH is 1. The number of nitrogens with one attached hydrogen (secondary N) is 2. The SMILES string of the molecule is Cc1ncoc1COc1ccc2c(c1)CCN(C[C@@H](O)CNC(=O)c1cc(NC3CCN(C(=O)C(C)(C)C)CC3)ncn1)C2. The van der Waals surface area contributed by atoms with Crippen LogP contribution in [0, 0.1) is 12.3 Å².